The van der Waals surface area contributed by atoms with E-state index >= 15 is 0 Å². The number of nitrogens with zero attached hydrogens (tertiary/aromatic N) is 1. The average Bonchev–Trinajstić information content (AvgIpc) is 2.41. The van der Waals surface area contributed by atoms with Crippen LogP contribution in [0, 0.1) is 17.3 Å². The van der Waals surface area contributed by atoms with Crippen molar-refractivity contribution in [2.24, 2.45) is 23.0 Å². The monoisotopic (exact) mass is 264 g/mol. The normalized spacial score (nSPS) is 43.7. The number of fused-ring (bicyclic) bond motifs is 1. The quantitative estimate of drug-likeness (QED) is 0.786. The van der Waals surface area contributed by atoms with Gasteiger partial charge in [0.1, 0.15) is 0 Å². The second kappa shape index (κ2) is 5.37. The topological polar surface area (TPSA) is 29.3 Å². The third-order valence-corrected chi connectivity index (χ3v) is 6.43. The van der Waals surface area contributed by atoms with Crippen LogP contribution in [0.5, 0.6) is 0 Å². The van der Waals surface area contributed by atoms with Gasteiger partial charge in [0.25, 0.3) is 0 Å². The molecule has 0 amide bonds. The maximum absolute atomic E-state index is 6.61. The van der Waals surface area contributed by atoms with Gasteiger partial charge in [-0.25, -0.2) is 0 Å². The van der Waals surface area contributed by atoms with Crippen molar-refractivity contribution < 1.29 is 0 Å². The molecule has 1 saturated heterocycles. The lowest BCUT2D eigenvalue weighted by Crippen LogP contribution is -2.59. The Kier molecular flexibility index (Phi) is 3.92. The van der Waals surface area contributed by atoms with E-state index in [9.17, 15) is 0 Å². The number of likely N-dealkylation sites (tertiary alicyclic amines) is 1. The van der Waals surface area contributed by atoms with Crippen LogP contribution in [0.2, 0.25) is 0 Å². The highest BCUT2D eigenvalue weighted by molar-refractivity contribution is 4.98. The summed E-state index contributed by atoms with van der Waals surface area (Å²) in [5.74, 6) is 2.03. The fraction of sp³-hybridized carbons (Fsp3) is 1.00. The molecule has 2 saturated carbocycles. The van der Waals surface area contributed by atoms with E-state index < -0.39 is 0 Å². The summed E-state index contributed by atoms with van der Waals surface area (Å²) in [5.41, 5.74) is 6.95. The van der Waals surface area contributed by atoms with Crippen LogP contribution in [0.4, 0.5) is 0 Å². The zero-order valence-corrected chi connectivity index (χ0v) is 12.9. The van der Waals surface area contributed by atoms with Crippen molar-refractivity contribution in [3.8, 4) is 0 Å². The summed E-state index contributed by atoms with van der Waals surface area (Å²) in [7, 11) is 0. The number of hydrogen-bond acceptors (Lipinski definition) is 2. The molecular formula is C17H32N2. The van der Waals surface area contributed by atoms with Crippen LogP contribution in [0.3, 0.4) is 0 Å². The van der Waals surface area contributed by atoms with E-state index in [2.05, 4.69) is 18.7 Å². The first-order chi connectivity index (χ1) is 9.08. The molecule has 0 aromatic heterocycles. The maximum Gasteiger partial charge on any atom is 0.0252 e. The summed E-state index contributed by atoms with van der Waals surface area (Å²) in [6, 6.07) is 1.04. The van der Waals surface area contributed by atoms with Gasteiger partial charge in [0.05, 0.1) is 0 Å². The summed E-state index contributed by atoms with van der Waals surface area (Å²) in [6.07, 6.45) is 11.4. The molecule has 1 aliphatic heterocycles. The summed E-state index contributed by atoms with van der Waals surface area (Å²) < 4.78 is 0. The minimum atomic E-state index is 0.340. The van der Waals surface area contributed by atoms with Gasteiger partial charge in [0, 0.05) is 18.6 Å². The summed E-state index contributed by atoms with van der Waals surface area (Å²) in [4.78, 5) is 2.78. The highest BCUT2D eigenvalue weighted by Gasteiger charge is 2.41. The summed E-state index contributed by atoms with van der Waals surface area (Å²) >= 11 is 0. The van der Waals surface area contributed by atoms with E-state index in [4.69, 9.17) is 5.73 Å². The van der Waals surface area contributed by atoms with Gasteiger partial charge >= 0.3 is 0 Å². The third-order valence-electron chi connectivity index (χ3n) is 6.43. The largest absolute Gasteiger partial charge is 0.326 e. The highest BCUT2D eigenvalue weighted by Crippen LogP contribution is 2.41. The molecular weight excluding hydrogens is 232 g/mol. The molecule has 3 fully saturated rings. The van der Waals surface area contributed by atoms with E-state index in [0.717, 1.165) is 11.8 Å². The van der Waals surface area contributed by atoms with Gasteiger partial charge in [0.2, 0.25) is 0 Å². The van der Waals surface area contributed by atoms with Gasteiger partial charge in [-0.1, -0.05) is 39.5 Å². The Labute approximate surface area is 119 Å². The molecule has 110 valence electrons. The van der Waals surface area contributed by atoms with Crippen LogP contribution >= 0.6 is 0 Å². The molecule has 2 heteroatoms. The van der Waals surface area contributed by atoms with Crippen LogP contribution in [0.25, 0.3) is 0 Å². The molecule has 2 aliphatic carbocycles. The van der Waals surface area contributed by atoms with Gasteiger partial charge < -0.3 is 5.73 Å². The van der Waals surface area contributed by atoms with Crippen LogP contribution in [0.15, 0.2) is 0 Å². The van der Waals surface area contributed by atoms with Gasteiger partial charge in [-0.05, 0) is 49.5 Å². The average molecular weight is 264 g/mol. The van der Waals surface area contributed by atoms with Gasteiger partial charge in [-0.15, -0.1) is 0 Å². The van der Waals surface area contributed by atoms with Crippen molar-refractivity contribution in [2.45, 2.75) is 77.3 Å². The van der Waals surface area contributed by atoms with E-state index in [-0.39, 0.29) is 0 Å². The van der Waals surface area contributed by atoms with Crippen molar-refractivity contribution >= 4 is 0 Å². The Morgan fingerprint density at radius 2 is 1.68 bits per heavy atom. The van der Waals surface area contributed by atoms with Gasteiger partial charge in [-0.2, -0.15) is 0 Å². The summed E-state index contributed by atoms with van der Waals surface area (Å²) in [6.45, 7) is 7.41. The number of hydrogen-bond donors (Lipinski definition) is 1. The van der Waals surface area contributed by atoms with E-state index in [0.29, 0.717) is 17.5 Å². The van der Waals surface area contributed by atoms with Gasteiger partial charge in [0.15, 0.2) is 0 Å². The fourth-order valence-electron chi connectivity index (χ4n) is 4.97. The van der Waals surface area contributed by atoms with Crippen molar-refractivity contribution in [1.82, 2.24) is 4.90 Å². The van der Waals surface area contributed by atoms with E-state index in [1.165, 1.54) is 64.5 Å². The molecule has 4 atom stereocenters. The first kappa shape index (κ1) is 13.9. The van der Waals surface area contributed by atoms with Crippen molar-refractivity contribution in [3.05, 3.63) is 0 Å². The minimum absolute atomic E-state index is 0.340. The minimum Gasteiger partial charge on any atom is -0.326 e. The number of rotatable bonds is 1. The Morgan fingerprint density at radius 3 is 2.47 bits per heavy atom. The maximum atomic E-state index is 6.61. The molecule has 0 bridgehead atoms. The van der Waals surface area contributed by atoms with Crippen molar-refractivity contribution in [3.63, 3.8) is 0 Å². The lowest BCUT2D eigenvalue weighted by Gasteiger charge is -2.50. The molecule has 3 aliphatic rings. The molecule has 19 heavy (non-hydrogen) atoms. The third kappa shape index (κ3) is 2.71. The number of nitrogens with two attached hydrogens (primary N) is 1. The molecule has 4 unspecified atom stereocenters. The second-order valence-electron chi connectivity index (χ2n) is 8.06. The lowest BCUT2D eigenvalue weighted by atomic mass is 9.69. The Balaban J connectivity index is 1.65. The van der Waals surface area contributed by atoms with E-state index in [1.807, 2.05) is 0 Å². The highest BCUT2D eigenvalue weighted by atomic mass is 15.2. The Morgan fingerprint density at radius 1 is 0.947 bits per heavy atom. The first-order valence-corrected chi connectivity index (χ1v) is 8.57. The van der Waals surface area contributed by atoms with Crippen LogP contribution in [0.1, 0.15) is 65.2 Å². The molecule has 0 aromatic rings. The Hall–Kier alpha value is -0.0800. The predicted molar refractivity (Wildman–Crippen MR) is 81.0 cm³/mol. The molecule has 1 heterocycles. The molecule has 0 radical (unpaired) electrons. The molecule has 0 aromatic carbocycles. The Bertz CT molecular complexity index is 312. The molecule has 0 spiro atoms. The van der Waals surface area contributed by atoms with Crippen LogP contribution < -0.4 is 5.73 Å². The lowest BCUT2D eigenvalue weighted by molar-refractivity contribution is 0.00910. The molecule has 3 rings (SSSR count). The van der Waals surface area contributed by atoms with Crippen molar-refractivity contribution in [2.75, 3.05) is 13.1 Å². The van der Waals surface area contributed by atoms with Gasteiger partial charge in [-0.3, -0.25) is 4.90 Å². The second-order valence-corrected chi connectivity index (χ2v) is 8.06. The number of piperidine rings is 1. The molecule has 2 nitrogen and oxygen atoms in total. The zero-order valence-electron chi connectivity index (χ0n) is 12.9. The van der Waals surface area contributed by atoms with E-state index in [1.54, 1.807) is 0 Å². The SMILES string of the molecule is CC1(C)CCCC(N2CCC3CCCCC3C2)C1N. The van der Waals surface area contributed by atoms with Crippen molar-refractivity contribution in [1.29, 1.82) is 0 Å². The molecule has 2 N–H and O–H groups in total. The van der Waals surface area contributed by atoms with Crippen LogP contribution in [-0.4, -0.2) is 30.1 Å². The first-order valence-electron chi connectivity index (χ1n) is 8.57. The predicted octanol–water partition coefficient (Wildman–Crippen LogP) is 3.40. The smallest absolute Gasteiger partial charge is 0.0252 e. The van der Waals surface area contributed by atoms with Crippen LogP contribution in [-0.2, 0) is 0 Å². The zero-order chi connectivity index (χ0) is 13.5. The fourth-order valence-corrected chi connectivity index (χ4v) is 4.97. The summed E-state index contributed by atoms with van der Waals surface area (Å²) in [5, 5.41) is 0. The standard InChI is InChI=1S/C17H32N2/c1-17(2)10-5-8-15(16(17)18)19-11-9-13-6-3-4-7-14(13)12-19/h13-16H,3-12,18H2,1-2H3.